The molecule has 1 amide bonds. The van der Waals surface area contributed by atoms with Crippen LogP contribution in [-0.4, -0.2) is 39.8 Å². The van der Waals surface area contributed by atoms with Crippen LogP contribution in [0.2, 0.25) is 0 Å². The highest BCUT2D eigenvalue weighted by Gasteiger charge is 2.37. The Kier molecular flexibility index (Phi) is 5.43. The third kappa shape index (κ3) is 4.59. The molecule has 2 bridgehead atoms. The SMILES string of the molecule is NC(=O)CC1CC(S)CN1[N+](=O)[O-].O=C1OCc2ccc1cc2. The van der Waals surface area contributed by atoms with Gasteiger partial charge in [-0.1, -0.05) is 12.1 Å². The van der Waals surface area contributed by atoms with E-state index in [0.717, 1.165) is 10.6 Å². The van der Waals surface area contributed by atoms with Crippen LogP contribution in [0, 0.1) is 10.1 Å². The van der Waals surface area contributed by atoms with Crippen LogP contribution in [-0.2, 0) is 16.1 Å². The minimum Gasteiger partial charge on any atom is -0.457 e. The highest BCUT2D eigenvalue weighted by Crippen LogP contribution is 2.23. The van der Waals surface area contributed by atoms with Gasteiger partial charge in [-0.2, -0.15) is 12.6 Å². The Morgan fingerprint density at radius 1 is 1.43 bits per heavy atom. The van der Waals surface area contributed by atoms with Crippen molar-refractivity contribution in [3.8, 4) is 0 Å². The molecule has 4 rings (SSSR count). The van der Waals surface area contributed by atoms with Crippen molar-refractivity contribution in [1.29, 1.82) is 0 Å². The van der Waals surface area contributed by atoms with Crippen molar-refractivity contribution >= 4 is 24.5 Å². The van der Waals surface area contributed by atoms with E-state index in [9.17, 15) is 19.7 Å². The van der Waals surface area contributed by atoms with Crippen molar-refractivity contribution in [2.45, 2.75) is 30.7 Å². The first-order chi connectivity index (χ1) is 10.9. The predicted octanol–water partition coefficient (Wildman–Crippen LogP) is 0.783. The second-order valence-corrected chi connectivity index (χ2v) is 6.08. The van der Waals surface area contributed by atoms with Crippen LogP contribution in [0.1, 0.15) is 28.8 Å². The quantitative estimate of drug-likeness (QED) is 0.364. The number of hydrogen-bond acceptors (Lipinski definition) is 6. The average molecular weight is 339 g/mol. The van der Waals surface area contributed by atoms with Crippen LogP contribution in [0.15, 0.2) is 24.3 Å². The van der Waals surface area contributed by atoms with Crippen molar-refractivity contribution in [3.63, 3.8) is 0 Å². The number of hydrazine groups is 1. The van der Waals surface area contributed by atoms with Gasteiger partial charge in [0.15, 0.2) is 5.03 Å². The summed E-state index contributed by atoms with van der Waals surface area (Å²) in [5.41, 5.74) is 6.66. The number of amides is 1. The summed E-state index contributed by atoms with van der Waals surface area (Å²) in [6, 6.07) is 6.98. The maximum atomic E-state index is 10.9. The molecule has 3 aliphatic heterocycles. The van der Waals surface area contributed by atoms with Gasteiger partial charge in [-0.05, 0) is 24.1 Å². The molecule has 1 fully saturated rings. The highest BCUT2D eigenvalue weighted by molar-refractivity contribution is 7.81. The molecular weight excluding hydrogens is 322 g/mol. The number of thiol groups is 1. The van der Waals surface area contributed by atoms with Gasteiger partial charge in [0.25, 0.3) is 0 Å². The number of primary amides is 1. The first-order valence-corrected chi connectivity index (χ1v) is 7.52. The van der Waals surface area contributed by atoms with Gasteiger partial charge in [0.2, 0.25) is 5.91 Å². The third-order valence-electron chi connectivity index (χ3n) is 3.57. The molecule has 9 heteroatoms. The van der Waals surface area contributed by atoms with Gasteiger partial charge in [0.1, 0.15) is 6.61 Å². The minimum absolute atomic E-state index is 0.0258. The topological polar surface area (TPSA) is 116 Å². The number of carbonyl (C=O) groups excluding carboxylic acids is 2. The van der Waals surface area contributed by atoms with E-state index in [-0.39, 0.29) is 24.2 Å². The summed E-state index contributed by atoms with van der Waals surface area (Å²) >= 11 is 4.13. The molecule has 0 aromatic heterocycles. The Bertz CT molecular complexity index is 607. The standard InChI is InChI=1S/C8H6O2.C6H11N3O3S/c9-8-7-3-1-6(2-4-7)5-10-8;7-6(10)2-4-1-5(13)3-8(4)9(11)12/h1-4H,5H2;4-5,13H,1-3H2,(H2,7,10). The number of esters is 1. The van der Waals surface area contributed by atoms with Crippen LogP contribution in [0.4, 0.5) is 0 Å². The number of rotatable bonds is 3. The summed E-state index contributed by atoms with van der Waals surface area (Å²) in [5.74, 6) is -0.737. The Labute approximate surface area is 138 Å². The van der Waals surface area contributed by atoms with Gasteiger partial charge < -0.3 is 10.5 Å². The minimum atomic E-state index is -0.515. The number of benzene rings is 1. The van der Waals surface area contributed by atoms with E-state index in [2.05, 4.69) is 12.6 Å². The van der Waals surface area contributed by atoms with Gasteiger partial charge >= 0.3 is 5.97 Å². The monoisotopic (exact) mass is 339 g/mol. The molecule has 2 atom stereocenters. The Morgan fingerprint density at radius 2 is 2.09 bits per heavy atom. The van der Waals surface area contributed by atoms with E-state index >= 15 is 0 Å². The summed E-state index contributed by atoms with van der Waals surface area (Å²) < 4.78 is 4.85. The molecule has 1 aromatic carbocycles. The zero-order chi connectivity index (χ0) is 17.0. The lowest BCUT2D eigenvalue weighted by Crippen LogP contribution is -2.37. The van der Waals surface area contributed by atoms with Gasteiger partial charge in [-0.3, -0.25) is 4.79 Å². The lowest BCUT2D eigenvalue weighted by Gasteiger charge is -2.14. The highest BCUT2D eigenvalue weighted by atomic mass is 32.1. The number of carbonyl (C=O) groups is 2. The van der Waals surface area contributed by atoms with Crippen molar-refractivity contribution in [2.75, 3.05) is 6.54 Å². The van der Waals surface area contributed by atoms with Crippen LogP contribution in [0.25, 0.3) is 0 Å². The van der Waals surface area contributed by atoms with E-state index < -0.39 is 17.0 Å². The van der Waals surface area contributed by atoms with E-state index in [1.165, 1.54) is 0 Å². The molecule has 23 heavy (non-hydrogen) atoms. The van der Waals surface area contributed by atoms with Crippen molar-refractivity contribution in [2.24, 2.45) is 5.73 Å². The second kappa shape index (κ2) is 7.32. The smallest absolute Gasteiger partial charge is 0.338 e. The van der Waals surface area contributed by atoms with E-state index in [4.69, 9.17) is 10.5 Å². The molecule has 124 valence electrons. The van der Waals surface area contributed by atoms with Crippen LogP contribution >= 0.6 is 12.6 Å². The molecule has 0 aliphatic carbocycles. The van der Waals surface area contributed by atoms with Crippen LogP contribution in [0.5, 0.6) is 0 Å². The largest absolute Gasteiger partial charge is 0.457 e. The maximum absolute atomic E-state index is 10.9. The maximum Gasteiger partial charge on any atom is 0.338 e. The molecule has 1 saturated heterocycles. The average Bonchev–Trinajstić information content (AvgIpc) is 2.65. The van der Waals surface area contributed by atoms with Crippen LogP contribution < -0.4 is 5.73 Å². The number of nitrogens with zero attached hydrogens (tertiary/aromatic N) is 2. The number of nitro groups is 1. The normalized spacial score (nSPS) is 22.0. The van der Waals surface area contributed by atoms with Crippen molar-refractivity contribution in [3.05, 3.63) is 45.5 Å². The van der Waals surface area contributed by atoms with Gasteiger partial charge in [-0.15, -0.1) is 5.01 Å². The Hall–Kier alpha value is -2.29. The molecule has 2 N–H and O–H groups in total. The molecule has 0 saturated carbocycles. The molecule has 3 heterocycles. The lowest BCUT2D eigenvalue weighted by atomic mass is 10.1. The van der Waals surface area contributed by atoms with Crippen molar-refractivity contribution in [1.82, 2.24) is 5.01 Å². The fourth-order valence-electron chi connectivity index (χ4n) is 2.47. The fourth-order valence-corrected chi connectivity index (χ4v) is 2.88. The molecule has 8 nitrogen and oxygen atoms in total. The third-order valence-corrected chi connectivity index (χ3v) is 3.94. The molecule has 0 spiro atoms. The molecular formula is C14H17N3O5S. The van der Waals surface area contributed by atoms with E-state index in [0.29, 0.717) is 18.6 Å². The molecule has 2 unspecified atom stereocenters. The van der Waals surface area contributed by atoms with Crippen molar-refractivity contribution < 1.29 is 19.4 Å². The summed E-state index contributed by atoms with van der Waals surface area (Å²) in [5, 5.41) is 11.0. The lowest BCUT2D eigenvalue weighted by molar-refractivity contribution is -0.659. The summed E-state index contributed by atoms with van der Waals surface area (Å²) in [7, 11) is 0. The van der Waals surface area contributed by atoms with E-state index in [1.54, 1.807) is 12.1 Å². The summed E-state index contributed by atoms with van der Waals surface area (Å²) in [6.07, 6.45) is 0.561. The predicted molar refractivity (Wildman–Crippen MR) is 84.3 cm³/mol. The van der Waals surface area contributed by atoms with Crippen LogP contribution in [0.3, 0.4) is 0 Å². The number of ether oxygens (including phenoxy) is 1. The summed E-state index contributed by atoms with van der Waals surface area (Å²) in [4.78, 5) is 32.0. The molecule has 0 radical (unpaired) electrons. The second-order valence-electron chi connectivity index (χ2n) is 5.35. The number of fused-ring (bicyclic) bond motifs is 4. The van der Waals surface area contributed by atoms with Gasteiger partial charge in [0, 0.05) is 5.25 Å². The summed E-state index contributed by atoms with van der Waals surface area (Å²) in [6.45, 7) is 0.684. The first-order valence-electron chi connectivity index (χ1n) is 7.00. The zero-order valence-corrected chi connectivity index (χ0v) is 13.1. The first kappa shape index (κ1) is 17.1. The number of hydrogen-bond donors (Lipinski definition) is 2. The van der Waals surface area contributed by atoms with Gasteiger partial charge in [-0.25, -0.2) is 14.9 Å². The van der Waals surface area contributed by atoms with E-state index in [1.807, 2.05) is 12.1 Å². The molecule has 1 aromatic rings. The zero-order valence-electron chi connectivity index (χ0n) is 12.3. The molecule has 3 aliphatic rings. The van der Waals surface area contributed by atoms with Gasteiger partial charge in [0.05, 0.1) is 24.6 Å². The Morgan fingerprint density at radius 3 is 2.65 bits per heavy atom. The fraction of sp³-hybridized carbons (Fsp3) is 0.429. The number of nitrogens with two attached hydrogens (primary N) is 1. The Balaban J connectivity index is 0.000000172.